The van der Waals surface area contributed by atoms with Crippen LogP contribution in [0.5, 0.6) is 0 Å². The molecule has 1 heterocycles. The van der Waals surface area contributed by atoms with Gasteiger partial charge in [-0.3, -0.25) is 0 Å². The third-order valence-electron chi connectivity index (χ3n) is 4.00. The molecule has 0 amide bonds. The lowest BCUT2D eigenvalue weighted by Gasteiger charge is -2.49. The first-order valence-corrected chi connectivity index (χ1v) is 7.25. The molecule has 0 N–H and O–H groups in total. The summed E-state index contributed by atoms with van der Waals surface area (Å²) < 4.78 is 2.65. The largest absolute Gasteiger partial charge is 0.234 e. The van der Waals surface area contributed by atoms with Crippen molar-refractivity contribution in [1.29, 1.82) is 0 Å². The molecule has 0 unspecified atom stereocenters. The Morgan fingerprint density at radius 3 is 2.67 bits per heavy atom. The van der Waals surface area contributed by atoms with E-state index in [1.165, 1.54) is 38.5 Å². The van der Waals surface area contributed by atoms with Gasteiger partial charge in [-0.15, -0.1) is 0 Å². The molecule has 0 aromatic heterocycles. The molecule has 15 heavy (non-hydrogen) atoms. The average molecular weight is 319 g/mol. The topological polar surface area (TPSA) is 3.24 Å². The summed E-state index contributed by atoms with van der Waals surface area (Å²) in [6.45, 7) is 4.73. The Hall–Kier alpha value is 0.430. The van der Waals surface area contributed by atoms with Gasteiger partial charge in [0.2, 0.25) is 0 Å². The summed E-state index contributed by atoms with van der Waals surface area (Å²) in [6.07, 6.45) is 13.1. The maximum Gasteiger partial charge on any atom is 0.0487 e. The monoisotopic (exact) mass is 319 g/mol. The van der Waals surface area contributed by atoms with Crippen LogP contribution in [0.4, 0.5) is 0 Å². The van der Waals surface area contributed by atoms with Crippen molar-refractivity contribution in [2.45, 2.75) is 64.0 Å². The summed E-state index contributed by atoms with van der Waals surface area (Å²) >= 11 is 2.59. The van der Waals surface area contributed by atoms with Crippen molar-refractivity contribution >= 4 is 22.9 Å². The van der Waals surface area contributed by atoms with E-state index in [0.717, 1.165) is 12.0 Å². The normalized spacial score (nSPS) is 37.7. The summed E-state index contributed by atoms with van der Waals surface area (Å²) in [5, 5.41) is 0. The van der Waals surface area contributed by atoms with Crippen molar-refractivity contribution in [2.24, 2.45) is 5.92 Å². The lowest BCUT2D eigenvalue weighted by molar-refractivity contribution is 0.111. The maximum atomic E-state index is 2.65. The van der Waals surface area contributed by atoms with E-state index in [2.05, 4.69) is 52.0 Å². The first kappa shape index (κ1) is 11.9. The number of hydrogen-bond acceptors (Lipinski definition) is 1. The second-order valence-corrected chi connectivity index (χ2v) is 6.45. The zero-order valence-corrected chi connectivity index (χ0v) is 12.0. The molecule has 0 radical (unpaired) electrons. The van der Waals surface area contributed by atoms with Gasteiger partial charge in [0.05, 0.1) is 0 Å². The molecule has 86 valence electrons. The van der Waals surface area contributed by atoms with E-state index in [-0.39, 0.29) is 0 Å². The maximum absolute atomic E-state index is 2.65. The highest BCUT2D eigenvalue weighted by molar-refractivity contribution is 14.1. The molecule has 1 fully saturated rings. The highest BCUT2D eigenvalue weighted by atomic mass is 127. The molecule has 2 rings (SSSR count). The van der Waals surface area contributed by atoms with E-state index < -0.39 is 0 Å². The quantitative estimate of drug-likeness (QED) is 0.395. The standard InChI is InChI=1S/C13H22IN/c1-11(2)12-7-6-10-13(15(12)14)8-4-3-5-9-13/h4,8,11-12H,3,5-7,9-10H2,1-2H3/t12-,13-/m1/s1. The third-order valence-corrected chi connectivity index (χ3v) is 5.68. The van der Waals surface area contributed by atoms with Crippen molar-refractivity contribution in [1.82, 2.24) is 3.11 Å². The summed E-state index contributed by atoms with van der Waals surface area (Å²) in [4.78, 5) is 0. The van der Waals surface area contributed by atoms with Crippen molar-refractivity contribution in [3.63, 3.8) is 0 Å². The molecular formula is C13H22IN. The van der Waals surface area contributed by atoms with Crippen molar-refractivity contribution in [3.8, 4) is 0 Å². The zero-order valence-electron chi connectivity index (χ0n) is 9.88. The minimum Gasteiger partial charge on any atom is -0.234 e. The molecule has 1 spiro atoms. The number of allylic oxidation sites excluding steroid dienone is 1. The van der Waals surface area contributed by atoms with Crippen molar-refractivity contribution in [2.75, 3.05) is 0 Å². The molecule has 1 aliphatic heterocycles. The molecule has 0 bridgehead atoms. The van der Waals surface area contributed by atoms with Gasteiger partial charge in [0, 0.05) is 34.4 Å². The minimum atomic E-state index is 0.409. The van der Waals surface area contributed by atoms with E-state index in [1.807, 2.05) is 0 Å². The van der Waals surface area contributed by atoms with Crippen LogP contribution < -0.4 is 0 Å². The molecule has 0 aromatic carbocycles. The third kappa shape index (κ3) is 2.26. The minimum absolute atomic E-state index is 0.409. The molecule has 1 nitrogen and oxygen atoms in total. The summed E-state index contributed by atoms with van der Waals surface area (Å²) in [5.74, 6) is 0.786. The predicted molar refractivity (Wildman–Crippen MR) is 74.1 cm³/mol. The van der Waals surface area contributed by atoms with Crippen molar-refractivity contribution in [3.05, 3.63) is 12.2 Å². The molecular weight excluding hydrogens is 297 g/mol. The second kappa shape index (κ2) is 4.74. The van der Waals surface area contributed by atoms with Crippen molar-refractivity contribution < 1.29 is 0 Å². The highest BCUT2D eigenvalue weighted by Gasteiger charge is 2.41. The second-order valence-electron chi connectivity index (χ2n) is 5.41. The van der Waals surface area contributed by atoms with Gasteiger partial charge in [-0.25, -0.2) is 3.11 Å². The highest BCUT2D eigenvalue weighted by Crippen LogP contribution is 2.43. The molecule has 1 aliphatic carbocycles. The van der Waals surface area contributed by atoms with Crippen LogP contribution in [0.15, 0.2) is 12.2 Å². The van der Waals surface area contributed by atoms with Crippen LogP contribution in [0, 0.1) is 5.92 Å². The lowest BCUT2D eigenvalue weighted by atomic mass is 9.77. The fourth-order valence-electron chi connectivity index (χ4n) is 3.06. The molecule has 2 atom stereocenters. The molecule has 0 aromatic rings. The Kier molecular flexibility index (Phi) is 3.76. The number of piperidine rings is 1. The fourth-order valence-corrected chi connectivity index (χ4v) is 4.63. The number of rotatable bonds is 1. The van der Waals surface area contributed by atoms with Gasteiger partial charge in [0.25, 0.3) is 0 Å². The Labute approximate surface area is 108 Å². The van der Waals surface area contributed by atoms with Gasteiger partial charge < -0.3 is 0 Å². The van der Waals surface area contributed by atoms with Crippen LogP contribution in [0.25, 0.3) is 0 Å². The van der Waals surface area contributed by atoms with Gasteiger partial charge >= 0.3 is 0 Å². The predicted octanol–water partition coefficient (Wildman–Crippen LogP) is 4.33. The number of nitrogens with zero attached hydrogens (tertiary/aromatic N) is 1. The first-order valence-electron chi connectivity index (χ1n) is 6.28. The van der Waals surface area contributed by atoms with E-state index >= 15 is 0 Å². The molecule has 2 aliphatic rings. The van der Waals surface area contributed by atoms with Crippen LogP contribution in [-0.4, -0.2) is 14.7 Å². The smallest absolute Gasteiger partial charge is 0.0487 e. The summed E-state index contributed by atoms with van der Waals surface area (Å²) in [7, 11) is 0. The van der Waals surface area contributed by atoms with Gasteiger partial charge in [0.15, 0.2) is 0 Å². The fraction of sp³-hybridized carbons (Fsp3) is 0.846. The van der Waals surface area contributed by atoms with Gasteiger partial charge in [-0.2, -0.15) is 0 Å². The number of halogens is 1. The summed E-state index contributed by atoms with van der Waals surface area (Å²) in [6, 6.07) is 0.780. The van der Waals surface area contributed by atoms with Gasteiger partial charge in [-0.1, -0.05) is 26.0 Å². The lowest BCUT2D eigenvalue weighted by Crippen LogP contribution is -2.52. The van der Waals surface area contributed by atoms with Crippen LogP contribution in [0.3, 0.4) is 0 Å². The van der Waals surface area contributed by atoms with E-state index in [9.17, 15) is 0 Å². The van der Waals surface area contributed by atoms with Crippen LogP contribution in [0.1, 0.15) is 52.4 Å². The molecule has 1 saturated heterocycles. The average Bonchev–Trinajstić information content (AvgIpc) is 2.23. The Morgan fingerprint density at radius 1 is 1.33 bits per heavy atom. The SMILES string of the molecule is CC(C)[C@H]1CCC[C@]2(C=CCCC2)N1I. The first-order chi connectivity index (χ1) is 7.16. The molecule has 2 heteroatoms. The van der Waals surface area contributed by atoms with E-state index in [4.69, 9.17) is 0 Å². The van der Waals surface area contributed by atoms with Crippen LogP contribution >= 0.6 is 22.9 Å². The Morgan fingerprint density at radius 2 is 2.07 bits per heavy atom. The van der Waals surface area contributed by atoms with Gasteiger partial charge in [0.1, 0.15) is 0 Å². The van der Waals surface area contributed by atoms with Gasteiger partial charge in [-0.05, 0) is 44.4 Å². The number of hydrogen-bond donors (Lipinski definition) is 0. The zero-order chi connectivity index (χ0) is 10.9. The van der Waals surface area contributed by atoms with Crippen LogP contribution in [-0.2, 0) is 0 Å². The Bertz CT molecular complexity index is 249. The van der Waals surface area contributed by atoms with E-state index in [0.29, 0.717) is 5.54 Å². The summed E-state index contributed by atoms with van der Waals surface area (Å²) in [5.41, 5.74) is 0.409. The van der Waals surface area contributed by atoms with Crippen LogP contribution in [0.2, 0.25) is 0 Å². The molecule has 0 saturated carbocycles. The Balaban J connectivity index is 2.18. The van der Waals surface area contributed by atoms with E-state index in [1.54, 1.807) is 0 Å².